The minimum Gasteiger partial charge on any atom is -0.310 e. The van der Waals surface area contributed by atoms with Crippen molar-refractivity contribution in [3.8, 4) is 27.9 Å². The minimum atomic E-state index is -1.47. The van der Waals surface area contributed by atoms with E-state index in [0.717, 1.165) is 61.7 Å². The normalized spacial score (nSPS) is 11.3. The molecule has 0 amide bonds. The lowest BCUT2D eigenvalue weighted by molar-refractivity contribution is 0.449. The van der Waals surface area contributed by atoms with E-state index in [2.05, 4.69) is 69.0 Å². The molecule has 6 aromatic carbocycles. The standard InChI is InChI=1S/C41H26F3N3/c42-37-21-20-34(40(43)41(37)44)29-13-11-27(12-14-29)28-15-17-32(18-16-28)47-38-22-19-33(25-35(38)36-26-45-24-23-39(36)47)46(30-7-3-1-4-8-30)31-9-5-2-6-10-31/h1-26H. The predicted octanol–water partition coefficient (Wildman–Crippen LogP) is 11.4. The van der Waals surface area contributed by atoms with Gasteiger partial charge in [-0.05, 0) is 89.5 Å². The summed E-state index contributed by atoms with van der Waals surface area (Å²) < 4.78 is 43.8. The molecule has 0 spiro atoms. The van der Waals surface area contributed by atoms with E-state index in [9.17, 15) is 13.2 Å². The van der Waals surface area contributed by atoms with Crippen molar-refractivity contribution in [1.29, 1.82) is 0 Å². The molecule has 0 aliphatic heterocycles. The maximum Gasteiger partial charge on any atom is 0.195 e. The summed E-state index contributed by atoms with van der Waals surface area (Å²) in [7, 11) is 0. The Hall–Kier alpha value is -6.14. The lowest BCUT2D eigenvalue weighted by Gasteiger charge is -2.25. The third kappa shape index (κ3) is 5.00. The van der Waals surface area contributed by atoms with Crippen molar-refractivity contribution in [3.05, 3.63) is 175 Å². The Labute approximate surface area is 269 Å². The monoisotopic (exact) mass is 617 g/mol. The van der Waals surface area contributed by atoms with Gasteiger partial charge in [-0.2, -0.15) is 0 Å². The van der Waals surface area contributed by atoms with Gasteiger partial charge in [0, 0.05) is 51.5 Å². The van der Waals surface area contributed by atoms with E-state index in [1.165, 1.54) is 6.07 Å². The van der Waals surface area contributed by atoms with E-state index in [-0.39, 0.29) is 5.56 Å². The van der Waals surface area contributed by atoms with Gasteiger partial charge >= 0.3 is 0 Å². The molecule has 0 unspecified atom stereocenters. The fraction of sp³-hybridized carbons (Fsp3) is 0. The summed E-state index contributed by atoms with van der Waals surface area (Å²) in [6.45, 7) is 0. The number of rotatable bonds is 6. The first-order valence-electron chi connectivity index (χ1n) is 15.2. The van der Waals surface area contributed by atoms with Crippen LogP contribution >= 0.6 is 0 Å². The third-order valence-corrected chi connectivity index (χ3v) is 8.53. The Balaban J connectivity index is 1.18. The van der Waals surface area contributed by atoms with E-state index < -0.39 is 17.5 Å². The van der Waals surface area contributed by atoms with Crippen LogP contribution in [0.2, 0.25) is 0 Å². The highest BCUT2D eigenvalue weighted by Gasteiger charge is 2.18. The van der Waals surface area contributed by atoms with Crippen molar-refractivity contribution in [2.24, 2.45) is 0 Å². The van der Waals surface area contributed by atoms with Gasteiger partial charge in [0.2, 0.25) is 0 Å². The van der Waals surface area contributed by atoms with E-state index in [1.807, 2.05) is 79.1 Å². The molecule has 0 bridgehead atoms. The fourth-order valence-electron chi connectivity index (χ4n) is 6.27. The molecule has 226 valence electrons. The van der Waals surface area contributed by atoms with Gasteiger partial charge in [-0.3, -0.25) is 4.98 Å². The van der Waals surface area contributed by atoms with Crippen LogP contribution in [0.5, 0.6) is 0 Å². The van der Waals surface area contributed by atoms with Crippen molar-refractivity contribution in [2.75, 3.05) is 4.90 Å². The highest BCUT2D eigenvalue weighted by Crippen LogP contribution is 2.39. The van der Waals surface area contributed by atoms with Crippen molar-refractivity contribution < 1.29 is 13.2 Å². The highest BCUT2D eigenvalue weighted by atomic mass is 19.2. The van der Waals surface area contributed by atoms with E-state index >= 15 is 0 Å². The number of benzene rings is 6. The first-order chi connectivity index (χ1) is 23.1. The third-order valence-electron chi connectivity index (χ3n) is 8.53. The molecule has 0 saturated carbocycles. The number of halogens is 3. The Morgan fingerprint density at radius 1 is 0.489 bits per heavy atom. The van der Waals surface area contributed by atoms with E-state index in [1.54, 1.807) is 12.1 Å². The summed E-state index contributed by atoms with van der Waals surface area (Å²) in [5.41, 5.74) is 8.65. The summed E-state index contributed by atoms with van der Waals surface area (Å²) in [5.74, 6) is -3.86. The molecule has 6 heteroatoms. The summed E-state index contributed by atoms with van der Waals surface area (Å²) >= 11 is 0. The van der Waals surface area contributed by atoms with Gasteiger partial charge in [0.1, 0.15) is 0 Å². The van der Waals surface area contributed by atoms with Gasteiger partial charge in [0.05, 0.1) is 11.0 Å². The molecule has 8 rings (SSSR count). The molecule has 0 aliphatic carbocycles. The smallest absolute Gasteiger partial charge is 0.195 e. The fourth-order valence-corrected chi connectivity index (χ4v) is 6.27. The Kier molecular flexibility index (Phi) is 7.03. The first kappa shape index (κ1) is 28.3. The molecule has 0 fully saturated rings. The first-order valence-corrected chi connectivity index (χ1v) is 15.2. The number of anilines is 3. The number of nitrogens with zero attached hydrogens (tertiary/aromatic N) is 3. The van der Waals surface area contributed by atoms with Gasteiger partial charge in [-0.1, -0.05) is 72.8 Å². The maximum absolute atomic E-state index is 14.4. The molecule has 0 atom stereocenters. The lowest BCUT2D eigenvalue weighted by Crippen LogP contribution is -2.09. The van der Waals surface area contributed by atoms with Gasteiger partial charge in [0.25, 0.3) is 0 Å². The molecule has 8 aromatic rings. The number of aromatic nitrogens is 2. The molecule has 0 radical (unpaired) electrons. The average Bonchev–Trinajstić information content (AvgIpc) is 3.46. The van der Waals surface area contributed by atoms with Crippen LogP contribution < -0.4 is 4.90 Å². The van der Waals surface area contributed by atoms with Gasteiger partial charge < -0.3 is 9.47 Å². The molecule has 47 heavy (non-hydrogen) atoms. The number of hydrogen-bond acceptors (Lipinski definition) is 2. The van der Waals surface area contributed by atoms with Crippen LogP contribution in [0, 0.1) is 17.5 Å². The molecule has 0 aliphatic rings. The number of hydrogen-bond donors (Lipinski definition) is 0. The average molecular weight is 618 g/mol. The molecule has 0 N–H and O–H groups in total. The van der Waals surface area contributed by atoms with Gasteiger partial charge in [-0.15, -0.1) is 0 Å². The summed E-state index contributed by atoms with van der Waals surface area (Å²) in [6, 6.07) is 46.8. The van der Waals surface area contributed by atoms with Crippen molar-refractivity contribution in [2.45, 2.75) is 0 Å². The molecule has 3 nitrogen and oxygen atoms in total. The summed E-state index contributed by atoms with van der Waals surface area (Å²) in [6.07, 6.45) is 3.73. The van der Waals surface area contributed by atoms with Crippen LogP contribution in [0.25, 0.3) is 49.7 Å². The van der Waals surface area contributed by atoms with Crippen molar-refractivity contribution in [1.82, 2.24) is 9.55 Å². The lowest BCUT2D eigenvalue weighted by atomic mass is 9.99. The topological polar surface area (TPSA) is 21.1 Å². The predicted molar refractivity (Wildman–Crippen MR) is 184 cm³/mol. The maximum atomic E-state index is 14.4. The summed E-state index contributed by atoms with van der Waals surface area (Å²) in [5, 5.41) is 2.14. The number of pyridine rings is 1. The second-order valence-corrected chi connectivity index (χ2v) is 11.3. The van der Waals surface area contributed by atoms with Crippen LogP contribution in [0.1, 0.15) is 0 Å². The van der Waals surface area contributed by atoms with Gasteiger partial charge in [0.15, 0.2) is 17.5 Å². The Morgan fingerprint density at radius 3 is 1.74 bits per heavy atom. The van der Waals surface area contributed by atoms with Crippen LogP contribution in [0.15, 0.2) is 158 Å². The second kappa shape index (κ2) is 11.7. The van der Waals surface area contributed by atoms with Crippen LogP contribution in [0.4, 0.5) is 30.2 Å². The Morgan fingerprint density at radius 2 is 1.09 bits per heavy atom. The largest absolute Gasteiger partial charge is 0.310 e. The Bertz CT molecular complexity index is 2330. The van der Waals surface area contributed by atoms with Crippen molar-refractivity contribution >= 4 is 38.9 Å². The molecular weight excluding hydrogens is 591 g/mol. The van der Waals surface area contributed by atoms with Gasteiger partial charge in [-0.25, -0.2) is 13.2 Å². The molecular formula is C41H26F3N3. The van der Waals surface area contributed by atoms with Crippen LogP contribution in [0.3, 0.4) is 0 Å². The second-order valence-electron chi connectivity index (χ2n) is 11.3. The zero-order valence-corrected chi connectivity index (χ0v) is 25.0. The zero-order valence-electron chi connectivity index (χ0n) is 25.0. The number of para-hydroxylation sites is 2. The molecule has 0 saturated heterocycles. The van der Waals surface area contributed by atoms with E-state index in [4.69, 9.17) is 0 Å². The minimum absolute atomic E-state index is 0.0190. The van der Waals surface area contributed by atoms with E-state index in [0.29, 0.717) is 5.56 Å². The molecule has 2 heterocycles. The zero-order chi connectivity index (χ0) is 31.9. The van der Waals surface area contributed by atoms with Crippen LogP contribution in [-0.2, 0) is 0 Å². The quantitative estimate of drug-likeness (QED) is 0.173. The van der Waals surface area contributed by atoms with Crippen molar-refractivity contribution in [3.63, 3.8) is 0 Å². The SMILES string of the molecule is Fc1ccc(-c2ccc(-c3ccc(-n4c5ccncc5c5cc(N(c6ccccc6)c6ccccc6)ccc54)cc3)cc2)c(F)c1F. The summed E-state index contributed by atoms with van der Waals surface area (Å²) in [4.78, 5) is 6.72. The highest BCUT2D eigenvalue weighted by molar-refractivity contribution is 6.10. The van der Waals surface area contributed by atoms with Crippen LogP contribution in [-0.4, -0.2) is 9.55 Å². The number of fused-ring (bicyclic) bond motifs is 3. The molecule has 2 aromatic heterocycles.